The number of fused-ring (bicyclic) bond motifs is 6. The monoisotopic (exact) mass is 728 g/mol. The van der Waals surface area contributed by atoms with Gasteiger partial charge >= 0.3 is 0 Å². The van der Waals surface area contributed by atoms with E-state index in [2.05, 4.69) is 222 Å². The summed E-state index contributed by atoms with van der Waals surface area (Å²) in [4.78, 5) is 2.42. The molecule has 9 aromatic carbocycles. The van der Waals surface area contributed by atoms with E-state index >= 15 is 0 Å². The van der Waals surface area contributed by atoms with Gasteiger partial charge in [-0.3, -0.25) is 0 Å². The number of hydrogen-bond donors (Lipinski definition) is 0. The van der Waals surface area contributed by atoms with Crippen LogP contribution in [0.5, 0.6) is 0 Å². The summed E-state index contributed by atoms with van der Waals surface area (Å²) in [7, 11) is 0. The van der Waals surface area contributed by atoms with Gasteiger partial charge in [-0.2, -0.15) is 0 Å². The lowest BCUT2D eigenvalue weighted by molar-refractivity contribution is 0.669. The van der Waals surface area contributed by atoms with Crippen LogP contribution in [-0.2, 0) is 0 Å². The molecule has 0 aliphatic carbocycles. The number of nitrogens with zero attached hydrogens (tertiary/aromatic N) is 2. The van der Waals surface area contributed by atoms with Crippen LogP contribution in [0.3, 0.4) is 0 Å². The Morgan fingerprint density at radius 2 is 0.877 bits per heavy atom. The lowest BCUT2D eigenvalue weighted by atomic mass is 9.94. The topological polar surface area (TPSA) is 21.3 Å². The van der Waals surface area contributed by atoms with Crippen LogP contribution >= 0.6 is 0 Å². The van der Waals surface area contributed by atoms with Crippen molar-refractivity contribution in [1.82, 2.24) is 4.57 Å². The van der Waals surface area contributed by atoms with Crippen molar-refractivity contribution in [2.24, 2.45) is 0 Å². The van der Waals surface area contributed by atoms with Crippen LogP contribution in [0.15, 0.2) is 223 Å². The summed E-state index contributed by atoms with van der Waals surface area (Å²) in [6.07, 6.45) is 0. The van der Waals surface area contributed by atoms with Crippen molar-refractivity contribution >= 4 is 60.8 Å². The summed E-state index contributed by atoms with van der Waals surface area (Å²) in [6.45, 7) is 0. The maximum absolute atomic E-state index is 6.55. The van der Waals surface area contributed by atoms with Gasteiger partial charge in [-0.1, -0.05) is 152 Å². The van der Waals surface area contributed by atoms with Crippen LogP contribution in [0.4, 0.5) is 17.1 Å². The van der Waals surface area contributed by atoms with Gasteiger partial charge in [-0.15, -0.1) is 0 Å². The van der Waals surface area contributed by atoms with Crippen molar-refractivity contribution in [3.05, 3.63) is 218 Å². The zero-order valence-corrected chi connectivity index (χ0v) is 31.1. The summed E-state index contributed by atoms with van der Waals surface area (Å²) in [6, 6.07) is 78.1. The minimum Gasteiger partial charge on any atom is -0.456 e. The highest BCUT2D eigenvalue weighted by molar-refractivity contribution is 6.17. The molecule has 57 heavy (non-hydrogen) atoms. The standard InChI is InChI=1S/C54H36N2O/c1-4-14-37(15-5-1)39-24-26-41(27-25-39)53-50(34-35-52-54(53)46-21-11-13-23-51(46)57-52)55(43-30-28-40(29-31-43)38-16-6-2-7-17-38)44-32-33-49-47(36-44)45-20-10-12-22-48(45)56(49)42-18-8-3-9-19-42/h1-36H. The predicted molar refractivity (Wildman–Crippen MR) is 239 cm³/mol. The summed E-state index contributed by atoms with van der Waals surface area (Å²) in [5.41, 5.74) is 15.4. The number of aromatic nitrogens is 1. The second-order valence-corrected chi connectivity index (χ2v) is 14.5. The molecule has 0 unspecified atom stereocenters. The fraction of sp³-hybridized carbons (Fsp3) is 0. The molecule has 0 radical (unpaired) electrons. The Morgan fingerprint density at radius 1 is 0.351 bits per heavy atom. The van der Waals surface area contributed by atoms with E-state index in [1.54, 1.807) is 0 Å². The molecule has 2 aromatic heterocycles. The van der Waals surface area contributed by atoms with Gasteiger partial charge in [-0.25, -0.2) is 0 Å². The number of para-hydroxylation sites is 3. The molecule has 0 fully saturated rings. The molecule has 0 amide bonds. The zero-order valence-electron chi connectivity index (χ0n) is 31.1. The maximum atomic E-state index is 6.55. The average molecular weight is 729 g/mol. The van der Waals surface area contributed by atoms with Crippen molar-refractivity contribution in [2.45, 2.75) is 0 Å². The third-order valence-electron chi connectivity index (χ3n) is 11.2. The molecule has 0 spiro atoms. The molecule has 11 rings (SSSR count). The highest BCUT2D eigenvalue weighted by Crippen LogP contribution is 2.48. The number of benzene rings is 9. The van der Waals surface area contributed by atoms with Crippen molar-refractivity contribution in [2.75, 3.05) is 4.90 Å². The molecule has 2 heterocycles. The molecule has 3 nitrogen and oxygen atoms in total. The third kappa shape index (κ3) is 5.60. The van der Waals surface area contributed by atoms with Crippen LogP contribution in [0.1, 0.15) is 0 Å². The molecule has 0 atom stereocenters. The molecule has 0 saturated carbocycles. The van der Waals surface area contributed by atoms with E-state index in [4.69, 9.17) is 4.42 Å². The van der Waals surface area contributed by atoms with Crippen LogP contribution in [-0.4, -0.2) is 4.57 Å². The van der Waals surface area contributed by atoms with E-state index in [1.807, 2.05) is 6.07 Å². The fourth-order valence-corrected chi connectivity index (χ4v) is 8.56. The normalized spacial score (nSPS) is 11.5. The van der Waals surface area contributed by atoms with Crippen molar-refractivity contribution in [3.63, 3.8) is 0 Å². The van der Waals surface area contributed by atoms with Gasteiger partial charge in [0, 0.05) is 44.2 Å². The minimum absolute atomic E-state index is 0.864. The van der Waals surface area contributed by atoms with Gasteiger partial charge in [0.05, 0.1) is 16.7 Å². The average Bonchev–Trinajstić information content (AvgIpc) is 3.83. The lowest BCUT2D eigenvalue weighted by Gasteiger charge is -2.29. The third-order valence-corrected chi connectivity index (χ3v) is 11.2. The number of hydrogen-bond acceptors (Lipinski definition) is 2. The largest absolute Gasteiger partial charge is 0.456 e. The maximum Gasteiger partial charge on any atom is 0.136 e. The van der Waals surface area contributed by atoms with Crippen molar-refractivity contribution in [1.29, 1.82) is 0 Å². The lowest BCUT2D eigenvalue weighted by Crippen LogP contribution is -2.11. The first-order chi connectivity index (χ1) is 28.3. The second-order valence-electron chi connectivity index (χ2n) is 14.5. The highest BCUT2D eigenvalue weighted by atomic mass is 16.3. The molecule has 0 N–H and O–H groups in total. The summed E-state index contributed by atoms with van der Waals surface area (Å²) < 4.78 is 8.92. The Bertz CT molecular complexity index is 3200. The molecule has 268 valence electrons. The van der Waals surface area contributed by atoms with Crippen molar-refractivity contribution in [3.8, 4) is 39.1 Å². The summed E-state index contributed by atoms with van der Waals surface area (Å²) in [5, 5.41) is 4.60. The Hall–Kier alpha value is -7.62. The van der Waals surface area contributed by atoms with Crippen LogP contribution in [0.25, 0.3) is 82.8 Å². The van der Waals surface area contributed by atoms with Gasteiger partial charge in [0.1, 0.15) is 11.2 Å². The first-order valence-electron chi connectivity index (χ1n) is 19.4. The first-order valence-corrected chi connectivity index (χ1v) is 19.4. The summed E-state index contributed by atoms with van der Waals surface area (Å²) >= 11 is 0. The van der Waals surface area contributed by atoms with E-state index in [0.29, 0.717) is 0 Å². The second kappa shape index (κ2) is 13.6. The highest BCUT2D eigenvalue weighted by Gasteiger charge is 2.24. The minimum atomic E-state index is 0.864. The Kier molecular flexibility index (Phi) is 7.82. The van der Waals surface area contributed by atoms with Gasteiger partial charge in [0.2, 0.25) is 0 Å². The molecule has 0 aliphatic rings. The quantitative estimate of drug-likeness (QED) is 0.163. The predicted octanol–water partition coefficient (Wildman–Crippen LogP) is 15.2. The SMILES string of the molecule is c1ccc(-c2ccc(-c3c(N(c4ccc(-c5ccccc5)cc4)c4ccc5c(c4)c4ccccc4n5-c4ccccc4)ccc4oc5ccccc5c34)cc2)cc1. The molecule has 11 aromatic rings. The van der Waals surface area contributed by atoms with Gasteiger partial charge in [0.25, 0.3) is 0 Å². The van der Waals surface area contributed by atoms with E-state index in [0.717, 1.165) is 55.8 Å². The van der Waals surface area contributed by atoms with Crippen molar-refractivity contribution < 1.29 is 4.42 Å². The fourth-order valence-electron chi connectivity index (χ4n) is 8.56. The zero-order chi connectivity index (χ0) is 37.7. The van der Waals surface area contributed by atoms with Gasteiger partial charge < -0.3 is 13.9 Å². The van der Waals surface area contributed by atoms with Gasteiger partial charge in [-0.05, 0) is 94.5 Å². The Labute approximate surface area is 330 Å². The van der Waals surface area contributed by atoms with Gasteiger partial charge in [0.15, 0.2) is 0 Å². The van der Waals surface area contributed by atoms with E-state index in [-0.39, 0.29) is 0 Å². The Morgan fingerprint density at radius 3 is 1.58 bits per heavy atom. The number of rotatable bonds is 7. The summed E-state index contributed by atoms with van der Waals surface area (Å²) in [5.74, 6) is 0. The molecular formula is C54H36N2O. The molecule has 0 aliphatic heterocycles. The molecule has 0 bridgehead atoms. The smallest absolute Gasteiger partial charge is 0.136 e. The molecular weight excluding hydrogens is 693 g/mol. The molecule has 3 heteroatoms. The number of furan rings is 1. The van der Waals surface area contributed by atoms with E-state index < -0.39 is 0 Å². The van der Waals surface area contributed by atoms with Crippen LogP contribution in [0.2, 0.25) is 0 Å². The van der Waals surface area contributed by atoms with E-state index in [1.165, 1.54) is 44.1 Å². The first kappa shape index (κ1) is 32.8. The number of anilines is 3. The van der Waals surface area contributed by atoms with E-state index in [9.17, 15) is 0 Å². The van der Waals surface area contributed by atoms with Crippen LogP contribution < -0.4 is 4.90 Å². The van der Waals surface area contributed by atoms with Crippen LogP contribution in [0, 0.1) is 0 Å². The Balaban J connectivity index is 1.18. The molecule has 0 saturated heterocycles.